The van der Waals surface area contributed by atoms with Crippen molar-refractivity contribution >= 4 is 15.8 Å². The molecule has 3 rings (SSSR count). The average molecular weight is 353 g/mol. The maximum absolute atomic E-state index is 12.1. The number of sulfone groups is 1. The Labute approximate surface area is 144 Å². The van der Waals surface area contributed by atoms with Gasteiger partial charge in [-0.1, -0.05) is 0 Å². The van der Waals surface area contributed by atoms with E-state index in [9.17, 15) is 8.42 Å². The Hall–Kier alpha value is -1.25. The van der Waals surface area contributed by atoms with Gasteiger partial charge in [0.2, 0.25) is 5.95 Å². The van der Waals surface area contributed by atoms with Gasteiger partial charge in [-0.05, 0) is 45.3 Å². The van der Waals surface area contributed by atoms with Crippen LogP contribution in [0, 0.1) is 0 Å². The van der Waals surface area contributed by atoms with Crippen LogP contribution in [0.4, 0.5) is 5.95 Å². The first kappa shape index (κ1) is 17.6. The molecular formula is C16H27N5O2S. The van der Waals surface area contributed by atoms with Gasteiger partial charge in [0.05, 0.1) is 11.9 Å². The smallest absolute Gasteiger partial charge is 0.222 e. The maximum atomic E-state index is 12.1. The zero-order chi connectivity index (χ0) is 17.0. The average Bonchev–Trinajstić information content (AvgIpc) is 3.08. The maximum Gasteiger partial charge on any atom is 0.222 e. The molecule has 3 heterocycles. The van der Waals surface area contributed by atoms with Crippen LogP contribution in [0.15, 0.2) is 11.1 Å². The highest BCUT2D eigenvalue weighted by Crippen LogP contribution is 2.27. The molecule has 0 aromatic carbocycles. The van der Waals surface area contributed by atoms with E-state index >= 15 is 0 Å². The fourth-order valence-electron chi connectivity index (χ4n) is 3.46. The monoisotopic (exact) mass is 353 g/mol. The molecule has 134 valence electrons. The van der Waals surface area contributed by atoms with Crippen molar-refractivity contribution in [3.8, 4) is 0 Å². The SMILES string of the molecule is CS(=O)(=O)c1cnc(NCCN2CCCC2)nc1[C@@H]1CCCNC1. The van der Waals surface area contributed by atoms with Crippen molar-refractivity contribution in [1.29, 1.82) is 0 Å². The first-order valence-electron chi connectivity index (χ1n) is 8.78. The summed E-state index contributed by atoms with van der Waals surface area (Å²) in [4.78, 5) is 11.5. The van der Waals surface area contributed by atoms with Crippen LogP contribution in [-0.2, 0) is 9.84 Å². The molecule has 8 heteroatoms. The van der Waals surface area contributed by atoms with Crippen molar-refractivity contribution in [2.24, 2.45) is 0 Å². The molecule has 0 aliphatic carbocycles. The predicted octanol–water partition coefficient (Wildman–Crippen LogP) is 0.855. The Morgan fingerprint density at radius 1 is 1.33 bits per heavy atom. The van der Waals surface area contributed by atoms with E-state index in [-0.39, 0.29) is 10.8 Å². The molecular weight excluding hydrogens is 326 g/mol. The molecule has 2 aliphatic heterocycles. The van der Waals surface area contributed by atoms with Crippen molar-refractivity contribution < 1.29 is 8.42 Å². The van der Waals surface area contributed by atoms with Crippen molar-refractivity contribution in [2.45, 2.75) is 36.5 Å². The summed E-state index contributed by atoms with van der Waals surface area (Å²) in [5.74, 6) is 0.660. The molecule has 0 amide bonds. The molecule has 0 radical (unpaired) electrons. The highest BCUT2D eigenvalue weighted by Gasteiger charge is 2.25. The van der Waals surface area contributed by atoms with Crippen LogP contribution in [0.1, 0.15) is 37.3 Å². The van der Waals surface area contributed by atoms with E-state index in [1.165, 1.54) is 25.3 Å². The third kappa shape index (κ3) is 4.43. The fourth-order valence-corrected chi connectivity index (χ4v) is 4.30. The van der Waals surface area contributed by atoms with Gasteiger partial charge in [0.15, 0.2) is 9.84 Å². The Balaban J connectivity index is 1.73. The van der Waals surface area contributed by atoms with Gasteiger partial charge in [-0.25, -0.2) is 18.4 Å². The minimum atomic E-state index is -3.32. The van der Waals surface area contributed by atoms with E-state index in [0.717, 1.165) is 52.1 Å². The van der Waals surface area contributed by atoms with E-state index in [1.807, 2.05) is 0 Å². The highest BCUT2D eigenvalue weighted by molar-refractivity contribution is 7.90. The zero-order valence-corrected chi connectivity index (χ0v) is 15.1. The van der Waals surface area contributed by atoms with Gasteiger partial charge in [-0.2, -0.15) is 0 Å². The molecule has 0 unspecified atom stereocenters. The van der Waals surface area contributed by atoms with Gasteiger partial charge >= 0.3 is 0 Å². The van der Waals surface area contributed by atoms with E-state index in [2.05, 4.69) is 25.5 Å². The Bertz CT molecular complexity index is 652. The van der Waals surface area contributed by atoms with Crippen LogP contribution < -0.4 is 10.6 Å². The number of rotatable bonds is 6. The lowest BCUT2D eigenvalue weighted by atomic mass is 9.96. The summed E-state index contributed by atoms with van der Waals surface area (Å²) in [7, 11) is -3.32. The topological polar surface area (TPSA) is 87.2 Å². The molecule has 1 atom stereocenters. The molecule has 7 nitrogen and oxygen atoms in total. The van der Waals surface area contributed by atoms with E-state index in [1.54, 1.807) is 0 Å². The molecule has 0 bridgehead atoms. The number of nitrogens with one attached hydrogen (secondary N) is 2. The molecule has 2 aliphatic rings. The molecule has 0 spiro atoms. The number of piperidine rings is 1. The second-order valence-corrected chi connectivity index (χ2v) is 8.72. The summed E-state index contributed by atoms with van der Waals surface area (Å²) in [6.45, 7) is 5.82. The predicted molar refractivity (Wildman–Crippen MR) is 94.2 cm³/mol. The highest BCUT2D eigenvalue weighted by atomic mass is 32.2. The first-order valence-corrected chi connectivity index (χ1v) is 10.7. The molecule has 2 fully saturated rings. The third-order valence-corrected chi connectivity index (χ3v) is 5.89. The second kappa shape index (κ2) is 7.76. The van der Waals surface area contributed by atoms with Gasteiger partial charge in [-0.3, -0.25) is 0 Å². The van der Waals surface area contributed by atoms with E-state index in [4.69, 9.17) is 0 Å². The number of hydrogen-bond acceptors (Lipinski definition) is 7. The van der Waals surface area contributed by atoms with Crippen LogP contribution in [-0.4, -0.2) is 68.8 Å². The van der Waals surface area contributed by atoms with Crippen molar-refractivity contribution in [2.75, 3.05) is 50.8 Å². The summed E-state index contributed by atoms with van der Waals surface area (Å²) in [6.07, 6.45) is 7.24. The fraction of sp³-hybridized carbons (Fsp3) is 0.750. The summed E-state index contributed by atoms with van der Waals surface area (Å²) in [5, 5.41) is 6.58. The Kier molecular flexibility index (Phi) is 5.68. The van der Waals surface area contributed by atoms with Crippen LogP contribution in [0.3, 0.4) is 0 Å². The number of likely N-dealkylation sites (tertiary alicyclic amines) is 1. The van der Waals surface area contributed by atoms with Crippen molar-refractivity contribution in [3.05, 3.63) is 11.9 Å². The minimum Gasteiger partial charge on any atom is -0.353 e. The number of anilines is 1. The van der Waals surface area contributed by atoms with Crippen LogP contribution in [0.5, 0.6) is 0 Å². The Morgan fingerprint density at radius 2 is 2.12 bits per heavy atom. The van der Waals surface area contributed by atoms with Gasteiger partial charge in [-0.15, -0.1) is 0 Å². The number of nitrogens with zero attached hydrogens (tertiary/aromatic N) is 3. The van der Waals surface area contributed by atoms with Crippen LogP contribution in [0.25, 0.3) is 0 Å². The largest absolute Gasteiger partial charge is 0.353 e. The van der Waals surface area contributed by atoms with E-state index in [0.29, 0.717) is 11.6 Å². The van der Waals surface area contributed by atoms with Gasteiger partial charge in [0.25, 0.3) is 0 Å². The molecule has 2 N–H and O–H groups in total. The number of hydrogen-bond donors (Lipinski definition) is 2. The lowest BCUT2D eigenvalue weighted by Crippen LogP contribution is -2.30. The lowest BCUT2D eigenvalue weighted by molar-refractivity contribution is 0.352. The summed E-state index contributed by atoms with van der Waals surface area (Å²) in [5.41, 5.74) is 0.656. The van der Waals surface area contributed by atoms with Crippen LogP contribution in [0.2, 0.25) is 0 Å². The molecule has 24 heavy (non-hydrogen) atoms. The van der Waals surface area contributed by atoms with Crippen LogP contribution >= 0.6 is 0 Å². The minimum absolute atomic E-state index is 0.130. The molecule has 2 saturated heterocycles. The van der Waals surface area contributed by atoms with Crippen molar-refractivity contribution in [1.82, 2.24) is 20.2 Å². The summed E-state index contributed by atoms with van der Waals surface area (Å²) < 4.78 is 24.1. The van der Waals surface area contributed by atoms with E-state index < -0.39 is 9.84 Å². The third-order valence-electron chi connectivity index (χ3n) is 4.78. The van der Waals surface area contributed by atoms with Crippen molar-refractivity contribution in [3.63, 3.8) is 0 Å². The Morgan fingerprint density at radius 3 is 2.79 bits per heavy atom. The van der Waals surface area contributed by atoms with Gasteiger partial charge < -0.3 is 15.5 Å². The normalized spacial score (nSPS) is 22.6. The number of aromatic nitrogens is 2. The molecule has 1 aromatic rings. The summed E-state index contributed by atoms with van der Waals surface area (Å²) >= 11 is 0. The first-order chi connectivity index (χ1) is 11.5. The summed E-state index contributed by atoms with van der Waals surface area (Å²) in [6, 6.07) is 0. The van der Waals surface area contributed by atoms with Gasteiger partial charge in [0, 0.05) is 31.8 Å². The molecule has 0 saturated carbocycles. The quantitative estimate of drug-likeness (QED) is 0.784. The molecule has 1 aromatic heterocycles. The zero-order valence-electron chi connectivity index (χ0n) is 14.3. The lowest BCUT2D eigenvalue weighted by Gasteiger charge is -2.24. The second-order valence-electron chi connectivity index (χ2n) is 6.73. The van der Waals surface area contributed by atoms with Gasteiger partial charge in [0.1, 0.15) is 4.90 Å². The standard InChI is InChI=1S/C16H27N5O2S/c1-24(22,23)14-12-19-16(18-7-10-21-8-2-3-9-21)20-15(14)13-5-4-6-17-11-13/h12-13,17H,2-11H2,1H3,(H,18,19,20)/t13-/m1/s1.